The molecular formula is C22H22N2O4S. The van der Waals surface area contributed by atoms with Crippen molar-refractivity contribution >= 4 is 40.9 Å². The quantitative estimate of drug-likeness (QED) is 0.463. The summed E-state index contributed by atoms with van der Waals surface area (Å²) in [6.07, 6.45) is 1.51. The monoisotopic (exact) mass is 410 g/mol. The number of anilines is 1. The number of para-hydroxylation sites is 1. The first kappa shape index (κ1) is 20.5. The number of nitrogens with one attached hydrogen (secondary N) is 1. The molecule has 0 unspecified atom stereocenters. The van der Waals surface area contributed by atoms with Crippen LogP contribution in [0.1, 0.15) is 25.0 Å². The zero-order chi connectivity index (χ0) is 21.1. The average Bonchev–Trinajstić information content (AvgIpc) is 2.67. The summed E-state index contributed by atoms with van der Waals surface area (Å²) in [7, 11) is 1.54. The lowest BCUT2D eigenvalue weighted by molar-refractivity contribution is -0.122. The summed E-state index contributed by atoms with van der Waals surface area (Å²) in [6.45, 7) is 5.72. The predicted molar refractivity (Wildman–Crippen MR) is 116 cm³/mol. The molecule has 29 heavy (non-hydrogen) atoms. The lowest BCUT2D eigenvalue weighted by Gasteiger charge is -2.30. The molecule has 7 heteroatoms. The van der Waals surface area contributed by atoms with Gasteiger partial charge in [-0.05, 0) is 68.4 Å². The maximum absolute atomic E-state index is 13.1. The first-order valence-electron chi connectivity index (χ1n) is 9.13. The predicted octanol–water partition coefficient (Wildman–Crippen LogP) is 3.62. The number of ether oxygens (including phenoxy) is 2. The van der Waals surface area contributed by atoms with Crippen molar-refractivity contribution in [3.63, 3.8) is 0 Å². The molecule has 1 aliphatic heterocycles. The summed E-state index contributed by atoms with van der Waals surface area (Å²) < 4.78 is 11.1. The highest BCUT2D eigenvalue weighted by Crippen LogP contribution is 2.31. The Hall–Kier alpha value is -3.19. The van der Waals surface area contributed by atoms with Crippen LogP contribution in [0.3, 0.4) is 0 Å². The highest BCUT2D eigenvalue weighted by atomic mass is 32.1. The molecule has 0 aromatic heterocycles. The number of hydrogen-bond donors (Lipinski definition) is 1. The van der Waals surface area contributed by atoms with Crippen LogP contribution in [0.15, 0.2) is 48.0 Å². The van der Waals surface area contributed by atoms with Crippen LogP contribution < -0.4 is 19.7 Å². The van der Waals surface area contributed by atoms with Crippen LogP contribution in [0.4, 0.5) is 5.69 Å². The van der Waals surface area contributed by atoms with Gasteiger partial charge in [-0.2, -0.15) is 0 Å². The molecule has 2 amide bonds. The largest absolute Gasteiger partial charge is 0.493 e. The van der Waals surface area contributed by atoms with E-state index in [1.807, 2.05) is 39.0 Å². The second-order valence-corrected chi connectivity index (χ2v) is 7.21. The molecular weight excluding hydrogens is 388 g/mol. The van der Waals surface area contributed by atoms with Gasteiger partial charge >= 0.3 is 0 Å². The number of rotatable bonds is 5. The van der Waals surface area contributed by atoms with Gasteiger partial charge in [-0.3, -0.25) is 19.8 Å². The molecule has 2 aromatic carbocycles. The lowest BCUT2D eigenvalue weighted by atomic mass is 10.1. The molecule has 0 radical (unpaired) electrons. The third-order valence-electron chi connectivity index (χ3n) is 4.32. The van der Waals surface area contributed by atoms with E-state index >= 15 is 0 Å². The normalized spacial score (nSPS) is 15.7. The fraction of sp³-hybridized carbons (Fsp3) is 0.227. The van der Waals surface area contributed by atoms with E-state index in [0.29, 0.717) is 22.7 Å². The Balaban J connectivity index is 2.00. The Morgan fingerprint density at radius 1 is 1.10 bits per heavy atom. The minimum Gasteiger partial charge on any atom is -0.493 e. The lowest BCUT2D eigenvalue weighted by Crippen LogP contribution is -2.54. The highest BCUT2D eigenvalue weighted by molar-refractivity contribution is 7.80. The van der Waals surface area contributed by atoms with E-state index in [0.717, 1.165) is 5.56 Å². The van der Waals surface area contributed by atoms with Crippen LogP contribution in [-0.4, -0.2) is 30.1 Å². The second-order valence-electron chi connectivity index (χ2n) is 6.82. The minimum absolute atomic E-state index is 0.0116. The van der Waals surface area contributed by atoms with Gasteiger partial charge in [-0.1, -0.05) is 24.3 Å². The number of carbonyl (C=O) groups excluding carboxylic acids is 2. The van der Waals surface area contributed by atoms with Crippen LogP contribution in [0, 0.1) is 6.92 Å². The SMILES string of the molecule is COc1cc(/C=C2\C(=O)NC(=S)N(c3ccccc3C)C2=O)ccc1OC(C)C. The zero-order valence-electron chi connectivity index (χ0n) is 16.7. The Labute approximate surface area is 175 Å². The molecule has 0 spiro atoms. The van der Waals surface area contributed by atoms with Gasteiger partial charge in [0.15, 0.2) is 16.6 Å². The maximum atomic E-state index is 13.1. The first-order valence-corrected chi connectivity index (χ1v) is 9.54. The van der Waals surface area contributed by atoms with E-state index in [2.05, 4.69) is 5.32 Å². The van der Waals surface area contributed by atoms with Crippen molar-refractivity contribution in [2.45, 2.75) is 26.9 Å². The Bertz CT molecular complexity index is 1010. The van der Waals surface area contributed by atoms with Crippen molar-refractivity contribution in [2.75, 3.05) is 12.0 Å². The van der Waals surface area contributed by atoms with Crippen molar-refractivity contribution in [1.29, 1.82) is 0 Å². The van der Waals surface area contributed by atoms with E-state index in [-0.39, 0.29) is 16.8 Å². The number of aryl methyl sites for hydroxylation is 1. The number of thiocarbonyl (C=S) groups is 1. The summed E-state index contributed by atoms with van der Waals surface area (Å²) in [5, 5.41) is 2.66. The molecule has 3 rings (SSSR count). The fourth-order valence-corrected chi connectivity index (χ4v) is 3.26. The van der Waals surface area contributed by atoms with Gasteiger partial charge in [0.2, 0.25) is 0 Å². The standard InChI is InChI=1S/C22H22N2O4S/c1-13(2)28-18-10-9-15(12-19(18)27-4)11-16-20(25)23-22(29)24(21(16)26)17-8-6-5-7-14(17)3/h5-13H,1-4H3,(H,23,25,29)/b16-11+. The average molecular weight is 410 g/mol. The fourth-order valence-electron chi connectivity index (χ4n) is 2.98. The van der Waals surface area contributed by atoms with Crippen LogP contribution in [0.25, 0.3) is 6.08 Å². The van der Waals surface area contributed by atoms with Crippen molar-refractivity contribution in [2.24, 2.45) is 0 Å². The second kappa shape index (κ2) is 8.45. The smallest absolute Gasteiger partial charge is 0.270 e. The molecule has 1 saturated heterocycles. The summed E-state index contributed by atoms with van der Waals surface area (Å²) in [5.41, 5.74) is 2.12. The van der Waals surface area contributed by atoms with Gasteiger partial charge in [-0.15, -0.1) is 0 Å². The Kier molecular flexibility index (Phi) is 5.98. The number of amides is 2. The zero-order valence-corrected chi connectivity index (χ0v) is 17.5. The molecule has 0 aliphatic carbocycles. The van der Waals surface area contributed by atoms with E-state index < -0.39 is 11.8 Å². The number of methoxy groups -OCH3 is 1. The van der Waals surface area contributed by atoms with E-state index in [1.54, 1.807) is 24.3 Å². The highest BCUT2D eigenvalue weighted by Gasteiger charge is 2.35. The topological polar surface area (TPSA) is 67.9 Å². The van der Waals surface area contributed by atoms with Gasteiger partial charge in [-0.25, -0.2) is 0 Å². The minimum atomic E-state index is -0.536. The molecule has 0 bridgehead atoms. The molecule has 6 nitrogen and oxygen atoms in total. The summed E-state index contributed by atoms with van der Waals surface area (Å²) in [4.78, 5) is 26.9. The molecule has 1 N–H and O–H groups in total. The van der Waals surface area contributed by atoms with Crippen molar-refractivity contribution in [1.82, 2.24) is 5.32 Å². The summed E-state index contributed by atoms with van der Waals surface area (Å²) in [6, 6.07) is 12.6. The third kappa shape index (κ3) is 4.30. The van der Waals surface area contributed by atoms with Crippen molar-refractivity contribution in [3.05, 3.63) is 59.2 Å². The number of benzene rings is 2. The molecule has 1 aliphatic rings. The van der Waals surface area contributed by atoms with Crippen LogP contribution in [0.5, 0.6) is 11.5 Å². The number of hydrogen-bond acceptors (Lipinski definition) is 5. The summed E-state index contributed by atoms with van der Waals surface area (Å²) in [5.74, 6) is 0.0932. The molecule has 0 saturated carbocycles. The van der Waals surface area contributed by atoms with Crippen LogP contribution >= 0.6 is 12.2 Å². The number of nitrogens with zero attached hydrogens (tertiary/aromatic N) is 1. The van der Waals surface area contributed by atoms with Gasteiger partial charge in [0.25, 0.3) is 11.8 Å². The molecule has 150 valence electrons. The summed E-state index contributed by atoms with van der Waals surface area (Å²) >= 11 is 5.25. The number of carbonyl (C=O) groups is 2. The van der Waals surface area contributed by atoms with Crippen LogP contribution in [0.2, 0.25) is 0 Å². The molecule has 1 fully saturated rings. The van der Waals surface area contributed by atoms with Crippen LogP contribution in [-0.2, 0) is 9.59 Å². The molecule has 1 heterocycles. The van der Waals surface area contributed by atoms with E-state index in [1.165, 1.54) is 18.1 Å². The van der Waals surface area contributed by atoms with Crippen molar-refractivity contribution < 1.29 is 19.1 Å². The first-order chi connectivity index (χ1) is 13.8. The third-order valence-corrected chi connectivity index (χ3v) is 4.60. The molecule has 0 atom stereocenters. The van der Waals surface area contributed by atoms with E-state index in [9.17, 15) is 9.59 Å². The maximum Gasteiger partial charge on any atom is 0.270 e. The van der Waals surface area contributed by atoms with Crippen molar-refractivity contribution in [3.8, 4) is 11.5 Å². The molecule has 2 aromatic rings. The van der Waals surface area contributed by atoms with E-state index in [4.69, 9.17) is 21.7 Å². The Morgan fingerprint density at radius 3 is 2.48 bits per heavy atom. The van der Waals surface area contributed by atoms with Gasteiger partial charge < -0.3 is 9.47 Å². The van der Waals surface area contributed by atoms with Gasteiger partial charge in [0.05, 0.1) is 18.9 Å². The van der Waals surface area contributed by atoms with Gasteiger partial charge in [0, 0.05) is 0 Å². The van der Waals surface area contributed by atoms with Gasteiger partial charge in [0.1, 0.15) is 5.57 Å². The Morgan fingerprint density at radius 2 is 1.83 bits per heavy atom.